The lowest BCUT2D eigenvalue weighted by Gasteiger charge is -2.03. The summed E-state index contributed by atoms with van der Waals surface area (Å²) in [7, 11) is 0. The molecule has 0 aliphatic heterocycles. The Morgan fingerprint density at radius 3 is 2.25 bits per heavy atom. The van der Waals surface area contributed by atoms with Gasteiger partial charge in [-0.2, -0.15) is 0 Å². The molecule has 0 unspecified atom stereocenters. The Morgan fingerprint density at radius 1 is 0.917 bits per heavy atom. The van der Waals surface area contributed by atoms with E-state index in [0.717, 1.165) is 51.4 Å². The van der Waals surface area contributed by atoms with E-state index in [4.69, 9.17) is 22.1 Å². The first-order valence-electron chi connectivity index (χ1n) is 4.65. The van der Waals surface area contributed by atoms with Gasteiger partial charge < -0.3 is 9.47 Å². The van der Waals surface area contributed by atoms with E-state index in [9.17, 15) is 0 Å². The molecule has 0 spiro atoms. The van der Waals surface area contributed by atoms with E-state index in [1.54, 1.807) is 0 Å². The van der Waals surface area contributed by atoms with Crippen LogP contribution in [0.1, 0.15) is 26.2 Å². The van der Waals surface area contributed by atoms with E-state index in [1.165, 1.54) is 0 Å². The first kappa shape index (κ1) is 12.3. The highest BCUT2D eigenvalue weighted by atomic mass is 32.1. The number of rotatable bonds is 9. The molecule has 12 heavy (non-hydrogen) atoms. The maximum absolute atomic E-state index is 5.36. The standard InChI is InChI=1S/C9H19O2S/c1-2-10-7-5-8-11-6-3-4-9-12/h2-9H2,1H3. The molecular weight excluding hydrogens is 172 g/mol. The Morgan fingerprint density at radius 2 is 1.58 bits per heavy atom. The summed E-state index contributed by atoms with van der Waals surface area (Å²) < 4.78 is 10.5. The Hall–Kier alpha value is 0.270. The van der Waals surface area contributed by atoms with Crippen molar-refractivity contribution in [1.29, 1.82) is 0 Å². The lowest BCUT2D eigenvalue weighted by atomic mass is 10.3. The monoisotopic (exact) mass is 191 g/mol. The summed E-state index contributed by atoms with van der Waals surface area (Å²) >= 11 is 4.81. The molecule has 0 bridgehead atoms. The molecule has 0 aromatic rings. The van der Waals surface area contributed by atoms with Gasteiger partial charge in [-0.15, -0.1) is 0 Å². The molecule has 3 heteroatoms. The molecular formula is C9H19O2S. The van der Waals surface area contributed by atoms with Gasteiger partial charge in [0.2, 0.25) is 0 Å². The van der Waals surface area contributed by atoms with Crippen molar-refractivity contribution in [3.63, 3.8) is 0 Å². The van der Waals surface area contributed by atoms with Crippen molar-refractivity contribution in [2.24, 2.45) is 0 Å². The van der Waals surface area contributed by atoms with Gasteiger partial charge in [-0.1, -0.05) is 12.6 Å². The van der Waals surface area contributed by atoms with Gasteiger partial charge in [-0.05, 0) is 26.2 Å². The molecule has 0 heterocycles. The van der Waals surface area contributed by atoms with Crippen molar-refractivity contribution in [3.05, 3.63) is 0 Å². The van der Waals surface area contributed by atoms with E-state index in [-0.39, 0.29) is 0 Å². The Bertz CT molecular complexity index is 68.9. The predicted octanol–water partition coefficient (Wildman–Crippen LogP) is 2.41. The van der Waals surface area contributed by atoms with E-state index >= 15 is 0 Å². The molecule has 0 aromatic heterocycles. The lowest BCUT2D eigenvalue weighted by molar-refractivity contribution is 0.0868. The van der Waals surface area contributed by atoms with E-state index in [0.29, 0.717) is 0 Å². The van der Waals surface area contributed by atoms with Crippen LogP contribution in [0.3, 0.4) is 0 Å². The Balaban J connectivity index is 2.73. The van der Waals surface area contributed by atoms with Crippen LogP contribution in [0.2, 0.25) is 0 Å². The second-order valence-corrected chi connectivity index (χ2v) is 2.98. The van der Waals surface area contributed by atoms with Crippen LogP contribution in [-0.2, 0) is 9.47 Å². The molecule has 0 atom stereocenters. The molecule has 0 saturated carbocycles. The number of hydrogen-bond acceptors (Lipinski definition) is 2. The molecule has 0 amide bonds. The summed E-state index contributed by atoms with van der Waals surface area (Å²) in [5.41, 5.74) is 0. The minimum absolute atomic E-state index is 0.802. The zero-order valence-electron chi connectivity index (χ0n) is 7.88. The molecule has 0 N–H and O–H groups in total. The Labute approximate surface area is 81.0 Å². The van der Waals surface area contributed by atoms with Gasteiger partial charge in [-0.3, -0.25) is 0 Å². The van der Waals surface area contributed by atoms with Crippen LogP contribution < -0.4 is 0 Å². The van der Waals surface area contributed by atoms with Crippen molar-refractivity contribution in [2.75, 3.05) is 32.2 Å². The van der Waals surface area contributed by atoms with Gasteiger partial charge in [0.05, 0.1) is 0 Å². The quantitative estimate of drug-likeness (QED) is 0.521. The normalized spacial score (nSPS) is 10.5. The van der Waals surface area contributed by atoms with E-state index in [1.807, 2.05) is 6.92 Å². The van der Waals surface area contributed by atoms with Gasteiger partial charge in [0, 0.05) is 32.2 Å². The fourth-order valence-electron chi connectivity index (χ4n) is 0.816. The fraction of sp³-hybridized carbons (Fsp3) is 1.00. The van der Waals surface area contributed by atoms with Crippen LogP contribution in [0.4, 0.5) is 0 Å². The van der Waals surface area contributed by atoms with Gasteiger partial charge >= 0.3 is 0 Å². The summed E-state index contributed by atoms with van der Waals surface area (Å²) in [6.45, 7) is 5.29. The third-order valence-electron chi connectivity index (χ3n) is 1.46. The third kappa shape index (κ3) is 10.3. The van der Waals surface area contributed by atoms with Crippen LogP contribution in [0.5, 0.6) is 0 Å². The van der Waals surface area contributed by atoms with Crippen LogP contribution in [0.15, 0.2) is 0 Å². The molecule has 0 fully saturated rings. The molecule has 0 rings (SSSR count). The summed E-state index contributed by atoms with van der Waals surface area (Å²) in [6, 6.07) is 0. The highest BCUT2D eigenvalue weighted by Gasteiger charge is 1.89. The van der Waals surface area contributed by atoms with Crippen LogP contribution >= 0.6 is 12.6 Å². The van der Waals surface area contributed by atoms with Gasteiger partial charge in [0.1, 0.15) is 0 Å². The molecule has 0 aliphatic carbocycles. The lowest BCUT2D eigenvalue weighted by Crippen LogP contribution is -2.01. The highest BCUT2D eigenvalue weighted by Crippen LogP contribution is 1.93. The number of hydrogen-bond donors (Lipinski definition) is 0. The summed E-state index contributed by atoms with van der Waals surface area (Å²) in [5, 5.41) is 0. The molecule has 0 aromatic carbocycles. The van der Waals surface area contributed by atoms with Crippen molar-refractivity contribution < 1.29 is 9.47 Å². The molecule has 2 nitrogen and oxygen atoms in total. The summed E-state index contributed by atoms with van der Waals surface area (Å²) in [4.78, 5) is 0. The van der Waals surface area contributed by atoms with Gasteiger partial charge in [-0.25, -0.2) is 0 Å². The number of ether oxygens (including phenoxy) is 2. The topological polar surface area (TPSA) is 18.5 Å². The predicted molar refractivity (Wildman–Crippen MR) is 53.6 cm³/mol. The second-order valence-electron chi connectivity index (χ2n) is 2.57. The maximum atomic E-state index is 5.36. The minimum Gasteiger partial charge on any atom is -0.382 e. The summed E-state index contributed by atoms with van der Waals surface area (Å²) in [5.74, 6) is 0.850. The van der Waals surface area contributed by atoms with Crippen LogP contribution in [0, 0.1) is 0 Å². The maximum Gasteiger partial charge on any atom is 0.0487 e. The van der Waals surface area contributed by atoms with Crippen LogP contribution in [-0.4, -0.2) is 32.2 Å². The zero-order valence-corrected chi connectivity index (χ0v) is 8.70. The molecule has 73 valence electrons. The Kier molecular flexibility index (Phi) is 11.5. The first-order valence-corrected chi connectivity index (χ1v) is 5.23. The highest BCUT2D eigenvalue weighted by molar-refractivity contribution is 7.80. The molecule has 0 aliphatic rings. The van der Waals surface area contributed by atoms with Crippen LogP contribution in [0.25, 0.3) is 0 Å². The average molecular weight is 191 g/mol. The van der Waals surface area contributed by atoms with Crippen molar-refractivity contribution in [1.82, 2.24) is 0 Å². The molecule has 0 saturated heterocycles. The van der Waals surface area contributed by atoms with Gasteiger partial charge in [0.15, 0.2) is 0 Å². The molecule has 1 radical (unpaired) electrons. The van der Waals surface area contributed by atoms with Gasteiger partial charge in [0.25, 0.3) is 0 Å². The van der Waals surface area contributed by atoms with E-state index < -0.39 is 0 Å². The number of unbranched alkanes of at least 4 members (excludes halogenated alkanes) is 1. The van der Waals surface area contributed by atoms with Crippen molar-refractivity contribution in [2.45, 2.75) is 26.2 Å². The third-order valence-corrected chi connectivity index (χ3v) is 1.75. The summed E-state index contributed by atoms with van der Waals surface area (Å²) in [6.07, 6.45) is 3.20. The zero-order chi connectivity index (χ0) is 9.07. The fourth-order valence-corrected chi connectivity index (χ4v) is 1.02. The largest absolute Gasteiger partial charge is 0.382 e. The smallest absolute Gasteiger partial charge is 0.0487 e. The second kappa shape index (κ2) is 11.3. The SMILES string of the molecule is CCOCCCOCCCC[S]. The minimum atomic E-state index is 0.802. The first-order chi connectivity index (χ1) is 5.91. The van der Waals surface area contributed by atoms with Crippen molar-refractivity contribution >= 4 is 12.6 Å². The van der Waals surface area contributed by atoms with E-state index in [2.05, 4.69) is 0 Å². The average Bonchev–Trinajstić information content (AvgIpc) is 2.10. The van der Waals surface area contributed by atoms with Crippen molar-refractivity contribution in [3.8, 4) is 0 Å².